The summed E-state index contributed by atoms with van der Waals surface area (Å²) in [6.07, 6.45) is 0. The van der Waals surface area contributed by atoms with Gasteiger partial charge < -0.3 is 19.5 Å². The van der Waals surface area contributed by atoms with Crippen LogP contribution in [0.15, 0.2) is 72.8 Å². The lowest BCUT2D eigenvalue weighted by atomic mass is 10.2. The molecule has 0 aliphatic carbocycles. The van der Waals surface area contributed by atoms with Crippen LogP contribution in [0.5, 0.6) is 17.2 Å². The fraction of sp³-hybridized carbons (Fsp3) is 0.250. The molecule has 0 aromatic heterocycles. The highest BCUT2D eigenvalue weighted by Gasteiger charge is 2.07. The van der Waals surface area contributed by atoms with E-state index in [0.717, 1.165) is 34.1 Å². The maximum absolute atomic E-state index is 5.97. The lowest BCUT2D eigenvalue weighted by molar-refractivity contribution is 0.269. The van der Waals surface area contributed by atoms with Crippen LogP contribution in [0, 0.1) is 0 Å². The Balaban J connectivity index is 1.62. The van der Waals surface area contributed by atoms with Crippen molar-refractivity contribution in [1.29, 1.82) is 0 Å². The summed E-state index contributed by atoms with van der Waals surface area (Å²) in [5.74, 6) is 2.41. The minimum absolute atomic E-state index is 0.519. The lowest BCUT2D eigenvalue weighted by Crippen LogP contribution is -2.03. The third-order valence-corrected chi connectivity index (χ3v) is 4.21. The van der Waals surface area contributed by atoms with Crippen LogP contribution in [0.3, 0.4) is 0 Å². The largest absolute Gasteiger partial charge is 0.494 e. The Morgan fingerprint density at radius 3 is 2.14 bits per heavy atom. The monoisotopic (exact) mass is 377 g/mol. The molecule has 3 aromatic rings. The van der Waals surface area contributed by atoms with E-state index in [0.29, 0.717) is 26.4 Å². The van der Waals surface area contributed by atoms with Crippen molar-refractivity contribution in [1.82, 2.24) is 0 Å². The van der Waals surface area contributed by atoms with Crippen LogP contribution < -0.4 is 19.5 Å². The zero-order valence-electron chi connectivity index (χ0n) is 16.5. The van der Waals surface area contributed by atoms with Gasteiger partial charge in [-0.1, -0.05) is 36.4 Å². The summed E-state index contributed by atoms with van der Waals surface area (Å²) in [6, 6.07) is 24.2. The molecule has 4 nitrogen and oxygen atoms in total. The van der Waals surface area contributed by atoms with Crippen LogP contribution in [-0.4, -0.2) is 13.2 Å². The number of benzene rings is 3. The maximum Gasteiger partial charge on any atom is 0.161 e. The third kappa shape index (κ3) is 5.68. The molecular weight excluding hydrogens is 350 g/mol. The fourth-order valence-electron chi connectivity index (χ4n) is 2.83. The van der Waals surface area contributed by atoms with Crippen LogP contribution in [-0.2, 0) is 13.2 Å². The predicted molar refractivity (Wildman–Crippen MR) is 113 cm³/mol. The van der Waals surface area contributed by atoms with Gasteiger partial charge in [0, 0.05) is 12.2 Å². The molecule has 0 heterocycles. The third-order valence-electron chi connectivity index (χ3n) is 4.21. The van der Waals surface area contributed by atoms with Crippen molar-refractivity contribution in [2.75, 3.05) is 18.5 Å². The molecule has 0 amide bonds. The topological polar surface area (TPSA) is 39.7 Å². The van der Waals surface area contributed by atoms with Gasteiger partial charge in [0.15, 0.2) is 11.5 Å². The summed E-state index contributed by atoms with van der Waals surface area (Å²) < 4.78 is 17.2. The summed E-state index contributed by atoms with van der Waals surface area (Å²) in [7, 11) is 0. The van der Waals surface area contributed by atoms with Crippen LogP contribution in [0.1, 0.15) is 25.0 Å². The molecule has 3 aromatic carbocycles. The fourth-order valence-corrected chi connectivity index (χ4v) is 2.83. The molecular formula is C24H27NO3. The summed E-state index contributed by atoms with van der Waals surface area (Å²) >= 11 is 0. The van der Waals surface area contributed by atoms with Gasteiger partial charge in [-0.15, -0.1) is 0 Å². The van der Waals surface area contributed by atoms with Crippen molar-refractivity contribution in [3.8, 4) is 17.2 Å². The van der Waals surface area contributed by atoms with E-state index in [2.05, 4.69) is 23.5 Å². The van der Waals surface area contributed by atoms with Gasteiger partial charge in [-0.3, -0.25) is 0 Å². The Kier molecular flexibility index (Phi) is 7.19. The molecule has 0 atom stereocenters. The molecule has 0 aliphatic heterocycles. The molecule has 0 aliphatic rings. The van der Waals surface area contributed by atoms with Crippen molar-refractivity contribution < 1.29 is 14.2 Å². The first-order valence-corrected chi connectivity index (χ1v) is 9.67. The van der Waals surface area contributed by atoms with Gasteiger partial charge in [0.25, 0.3) is 0 Å². The average Bonchev–Trinajstić information content (AvgIpc) is 2.74. The minimum Gasteiger partial charge on any atom is -0.494 e. The number of ether oxygens (including phenoxy) is 3. The highest BCUT2D eigenvalue weighted by molar-refractivity contribution is 5.48. The van der Waals surface area contributed by atoms with Gasteiger partial charge in [0.1, 0.15) is 12.4 Å². The summed E-state index contributed by atoms with van der Waals surface area (Å²) in [5, 5.41) is 3.42. The highest BCUT2D eigenvalue weighted by atomic mass is 16.5. The van der Waals surface area contributed by atoms with E-state index in [1.807, 2.05) is 68.4 Å². The van der Waals surface area contributed by atoms with Crippen molar-refractivity contribution in [3.05, 3.63) is 83.9 Å². The first-order valence-electron chi connectivity index (χ1n) is 9.67. The van der Waals surface area contributed by atoms with Crippen molar-refractivity contribution in [2.24, 2.45) is 0 Å². The second-order valence-electron chi connectivity index (χ2n) is 6.30. The second-order valence-corrected chi connectivity index (χ2v) is 6.30. The van der Waals surface area contributed by atoms with Crippen LogP contribution in [0.2, 0.25) is 0 Å². The van der Waals surface area contributed by atoms with E-state index >= 15 is 0 Å². The van der Waals surface area contributed by atoms with Crippen molar-refractivity contribution in [2.45, 2.75) is 27.0 Å². The Bertz CT molecular complexity index is 847. The minimum atomic E-state index is 0.519. The number of anilines is 1. The number of hydrogen-bond acceptors (Lipinski definition) is 4. The second kappa shape index (κ2) is 10.3. The summed E-state index contributed by atoms with van der Waals surface area (Å²) in [4.78, 5) is 0. The number of hydrogen-bond donors (Lipinski definition) is 1. The van der Waals surface area contributed by atoms with Gasteiger partial charge in [0.2, 0.25) is 0 Å². The lowest BCUT2D eigenvalue weighted by Gasteiger charge is -2.14. The standard InChI is InChI=1S/C24H27NO3/c1-3-26-22-13-11-21(12-14-22)25-17-20-10-15-23(24(16-20)27-4-2)28-18-19-8-6-5-7-9-19/h5-16,25H,3-4,17-18H2,1-2H3. The zero-order chi connectivity index (χ0) is 19.6. The first-order chi connectivity index (χ1) is 13.8. The van der Waals surface area contributed by atoms with Crippen LogP contribution in [0.4, 0.5) is 5.69 Å². The maximum atomic E-state index is 5.97. The zero-order valence-corrected chi connectivity index (χ0v) is 16.5. The molecule has 0 unspecified atom stereocenters. The molecule has 0 fully saturated rings. The Morgan fingerprint density at radius 2 is 1.43 bits per heavy atom. The highest BCUT2D eigenvalue weighted by Crippen LogP contribution is 2.29. The molecule has 28 heavy (non-hydrogen) atoms. The SMILES string of the molecule is CCOc1ccc(NCc2ccc(OCc3ccccc3)c(OCC)c2)cc1. The van der Waals surface area contributed by atoms with Crippen molar-refractivity contribution >= 4 is 5.69 Å². The van der Waals surface area contributed by atoms with E-state index in [-0.39, 0.29) is 0 Å². The molecule has 1 N–H and O–H groups in total. The molecule has 4 heteroatoms. The molecule has 146 valence electrons. The van der Waals surface area contributed by atoms with Gasteiger partial charge in [-0.25, -0.2) is 0 Å². The molecule has 0 saturated carbocycles. The normalized spacial score (nSPS) is 10.4. The summed E-state index contributed by atoms with van der Waals surface area (Å²) in [6.45, 7) is 6.45. The smallest absolute Gasteiger partial charge is 0.161 e. The van der Waals surface area contributed by atoms with Gasteiger partial charge in [0.05, 0.1) is 13.2 Å². The van der Waals surface area contributed by atoms with Crippen LogP contribution in [0.25, 0.3) is 0 Å². The predicted octanol–water partition coefficient (Wildman–Crippen LogP) is 5.68. The molecule has 3 rings (SSSR count). The Labute approximate surface area is 167 Å². The van der Waals surface area contributed by atoms with Gasteiger partial charge in [-0.2, -0.15) is 0 Å². The van der Waals surface area contributed by atoms with E-state index in [1.54, 1.807) is 0 Å². The van der Waals surface area contributed by atoms with E-state index < -0.39 is 0 Å². The van der Waals surface area contributed by atoms with Crippen molar-refractivity contribution in [3.63, 3.8) is 0 Å². The number of nitrogens with one attached hydrogen (secondary N) is 1. The van der Waals surface area contributed by atoms with Crippen LogP contribution >= 0.6 is 0 Å². The van der Waals surface area contributed by atoms with Gasteiger partial charge >= 0.3 is 0 Å². The number of rotatable bonds is 10. The first kappa shape index (κ1) is 19.6. The molecule has 0 spiro atoms. The Hall–Kier alpha value is -3.14. The molecule has 0 saturated heterocycles. The Morgan fingerprint density at radius 1 is 0.679 bits per heavy atom. The average molecular weight is 377 g/mol. The van der Waals surface area contributed by atoms with E-state index in [4.69, 9.17) is 14.2 Å². The summed E-state index contributed by atoms with van der Waals surface area (Å²) in [5.41, 5.74) is 3.31. The van der Waals surface area contributed by atoms with E-state index in [1.165, 1.54) is 0 Å². The quantitative estimate of drug-likeness (QED) is 0.494. The van der Waals surface area contributed by atoms with Gasteiger partial charge in [-0.05, 0) is 61.4 Å². The molecule has 0 radical (unpaired) electrons. The molecule has 0 bridgehead atoms. The van der Waals surface area contributed by atoms with E-state index in [9.17, 15) is 0 Å².